The highest BCUT2D eigenvalue weighted by atomic mass is 32.1. The van der Waals surface area contributed by atoms with Gasteiger partial charge in [0.25, 0.3) is 0 Å². The van der Waals surface area contributed by atoms with Gasteiger partial charge in [-0.05, 0) is 69.3 Å². The molecular formula is C27H28FN5OS. The van der Waals surface area contributed by atoms with Gasteiger partial charge in [0.2, 0.25) is 5.95 Å². The average Bonchev–Trinajstić information content (AvgIpc) is 3.34. The Bertz CT molecular complexity index is 1290. The summed E-state index contributed by atoms with van der Waals surface area (Å²) in [6.07, 6.45) is 2.99. The molecule has 2 aromatic heterocycles. The van der Waals surface area contributed by atoms with E-state index in [9.17, 15) is 9.50 Å². The molecule has 0 amide bonds. The second-order valence-corrected chi connectivity index (χ2v) is 9.86. The normalized spacial score (nSPS) is 15.8. The second kappa shape index (κ2) is 9.81. The molecule has 5 rings (SSSR count). The van der Waals surface area contributed by atoms with Crippen molar-refractivity contribution in [2.45, 2.75) is 25.4 Å². The summed E-state index contributed by atoms with van der Waals surface area (Å²) in [6, 6.07) is 18.2. The molecule has 180 valence electrons. The first kappa shape index (κ1) is 23.5. The molecule has 0 spiro atoms. The summed E-state index contributed by atoms with van der Waals surface area (Å²) in [5.74, 6) is 0.291. The molecule has 6 nitrogen and oxygen atoms in total. The number of aliphatic hydroxyl groups is 1. The average molecular weight is 490 g/mol. The minimum Gasteiger partial charge on any atom is -0.383 e. The Morgan fingerprint density at radius 3 is 2.43 bits per heavy atom. The van der Waals surface area contributed by atoms with Crippen LogP contribution in [0.15, 0.2) is 66.9 Å². The van der Waals surface area contributed by atoms with Crippen LogP contribution in [0.3, 0.4) is 0 Å². The van der Waals surface area contributed by atoms with Crippen molar-refractivity contribution in [2.75, 3.05) is 31.6 Å². The highest BCUT2D eigenvalue weighted by Gasteiger charge is 2.37. The molecule has 35 heavy (non-hydrogen) atoms. The largest absolute Gasteiger partial charge is 0.383 e. The summed E-state index contributed by atoms with van der Waals surface area (Å²) in [5, 5.41) is 12.2. The molecule has 0 unspecified atom stereocenters. The van der Waals surface area contributed by atoms with Crippen LogP contribution < -0.4 is 4.90 Å². The molecular weight excluding hydrogens is 461 g/mol. The van der Waals surface area contributed by atoms with E-state index in [0.29, 0.717) is 36.0 Å². The van der Waals surface area contributed by atoms with Crippen LogP contribution in [0.2, 0.25) is 0 Å². The topological polar surface area (TPSA) is 65.4 Å². The van der Waals surface area contributed by atoms with Gasteiger partial charge in [-0.3, -0.25) is 0 Å². The van der Waals surface area contributed by atoms with E-state index in [1.807, 2.05) is 41.3 Å². The SMILES string of the molecule is CCN(c1ccccc1)c1nccc(-c2sc(C3(O)CCN(C)CC3)nc2-c2ccc(F)cc2)n1. The summed E-state index contributed by atoms with van der Waals surface area (Å²) in [7, 11) is 2.06. The Hall–Kier alpha value is -3.20. The number of hydrogen-bond donors (Lipinski definition) is 1. The van der Waals surface area contributed by atoms with Gasteiger partial charge in [-0.1, -0.05) is 18.2 Å². The van der Waals surface area contributed by atoms with Gasteiger partial charge >= 0.3 is 0 Å². The lowest BCUT2D eigenvalue weighted by Gasteiger charge is -2.34. The summed E-state index contributed by atoms with van der Waals surface area (Å²) in [6.45, 7) is 4.38. The third-order valence-corrected chi connectivity index (χ3v) is 7.73. The molecule has 0 radical (unpaired) electrons. The van der Waals surface area contributed by atoms with E-state index in [2.05, 4.69) is 23.9 Å². The van der Waals surface area contributed by atoms with Gasteiger partial charge in [0.15, 0.2) is 0 Å². The first-order chi connectivity index (χ1) is 17.0. The number of piperidine rings is 1. The Morgan fingerprint density at radius 1 is 1.03 bits per heavy atom. The number of aromatic nitrogens is 3. The van der Waals surface area contributed by atoms with Gasteiger partial charge in [0, 0.05) is 37.1 Å². The molecule has 0 aliphatic carbocycles. The van der Waals surface area contributed by atoms with Crippen LogP contribution >= 0.6 is 11.3 Å². The number of rotatable bonds is 6. The molecule has 2 aromatic carbocycles. The summed E-state index contributed by atoms with van der Waals surface area (Å²) in [4.78, 5) is 19.5. The Morgan fingerprint density at radius 2 is 1.74 bits per heavy atom. The number of para-hydroxylation sites is 1. The summed E-state index contributed by atoms with van der Waals surface area (Å²) >= 11 is 1.46. The van der Waals surface area contributed by atoms with Crippen molar-refractivity contribution in [1.82, 2.24) is 19.9 Å². The predicted molar refractivity (Wildman–Crippen MR) is 138 cm³/mol. The monoisotopic (exact) mass is 489 g/mol. The predicted octanol–water partition coefficient (Wildman–Crippen LogP) is 5.48. The van der Waals surface area contributed by atoms with E-state index in [-0.39, 0.29) is 5.82 Å². The van der Waals surface area contributed by atoms with Crippen LogP contribution in [-0.2, 0) is 5.60 Å². The van der Waals surface area contributed by atoms with Crippen LogP contribution in [0.25, 0.3) is 21.8 Å². The van der Waals surface area contributed by atoms with Crippen molar-refractivity contribution in [3.63, 3.8) is 0 Å². The van der Waals surface area contributed by atoms with E-state index >= 15 is 0 Å². The number of halogens is 1. The van der Waals surface area contributed by atoms with Crippen molar-refractivity contribution < 1.29 is 9.50 Å². The maximum absolute atomic E-state index is 13.7. The lowest BCUT2D eigenvalue weighted by Crippen LogP contribution is -2.40. The van der Waals surface area contributed by atoms with Gasteiger partial charge in [0.1, 0.15) is 16.4 Å². The van der Waals surface area contributed by atoms with E-state index < -0.39 is 5.60 Å². The van der Waals surface area contributed by atoms with Crippen LogP contribution in [0.1, 0.15) is 24.8 Å². The Kier molecular flexibility index (Phi) is 6.60. The molecule has 0 saturated carbocycles. The van der Waals surface area contributed by atoms with Crippen LogP contribution in [-0.4, -0.2) is 51.6 Å². The maximum atomic E-state index is 13.7. The summed E-state index contributed by atoms with van der Waals surface area (Å²) < 4.78 is 13.7. The van der Waals surface area contributed by atoms with Crippen molar-refractivity contribution in [2.24, 2.45) is 0 Å². The molecule has 0 atom stereocenters. The molecule has 1 aliphatic heterocycles. The lowest BCUT2D eigenvalue weighted by atomic mass is 9.92. The first-order valence-electron chi connectivity index (χ1n) is 11.8. The van der Waals surface area contributed by atoms with E-state index in [1.165, 1.54) is 23.5 Å². The first-order valence-corrected chi connectivity index (χ1v) is 12.6. The minimum absolute atomic E-state index is 0.300. The van der Waals surface area contributed by atoms with Gasteiger partial charge in [-0.25, -0.2) is 19.3 Å². The van der Waals surface area contributed by atoms with E-state index in [4.69, 9.17) is 9.97 Å². The standard InChI is InChI=1S/C27H28FN5OS/c1-3-33(21-7-5-4-6-8-21)26-29-16-13-22(30-26)24-23(19-9-11-20(28)12-10-19)31-25(35-24)27(34)14-17-32(2)18-15-27/h4-13,16,34H,3,14-15,17-18H2,1-2H3. The molecule has 1 saturated heterocycles. The molecule has 1 N–H and O–H groups in total. The zero-order valence-corrected chi connectivity index (χ0v) is 20.7. The van der Waals surface area contributed by atoms with Crippen molar-refractivity contribution >= 4 is 23.0 Å². The molecule has 1 aliphatic rings. The third kappa shape index (κ3) is 4.82. The zero-order chi connectivity index (χ0) is 24.4. The van der Waals surface area contributed by atoms with Gasteiger partial charge in [-0.2, -0.15) is 0 Å². The highest BCUT2D eigenvalue weighted by Crippen LogP contribution is 2.43. The van der Waals surface area contributed by atoms with Crippen molar-refractivity contribution in [3.8, 4) is 21.8 Å². The number of thiazole rings is 1. The van der Waals surface area contributed by atoms with Crippen molar-refractivity contribution in [1.29, 1.82) is 0 Å². The molecule has 1 fully saturated rings. The van der Waals surface area contributed by atoms with Gasteiger partial charge < -0.3 is 14.9 Å². The molecule has 8 heteroatoms. The Labute approximate surface area is 208 Å². The highest BCUT2D eigenvalue weighted by molar-refractivity contribution is 7.15. The van der Waals surface area contributed by atoms with E-state index in [0.717, 1.165) is 34.9 Å². The Balaban J connectivity index is 1.60. The molecule has 4 aromatic rings. The lowest BCUT2D eigenvalue weighted by molar-refractivity contribution is -0.0203. The fourth-order valence-electron chi connectivity index (χ4n) is 4.35. The number of anilines is 2. The minimum atomic E-state index is -0.987. The summed E-state index contributed by atoms with van der Waals surface area (Å²) in [5.41, 5.74) is 2.24. The molecule has 3 heterocycles. The van der Waals surface area contributed by atoms with Gasteiger partial charge in [-0.15, -0.1) is 11.3 Å². The smallest absolute Gasteiger partial charge is 0.230 e. The quantitative estimate of drug-likeness (QED) is 0.387. The maximum Gasteiger partial charge on any atom is 0.230 e. The van der Waals surface area contributed by atoms with Crippen LogP contribution in [0, 0.1) is 5.82 Å². The number of nitrogens with zero attached hydrogens (tertiary/aromatic N) is 5. The number of benzene rings is 2. The van der Waals surface area contributed by atoms with Crippen LogP contribution in [0.5, 0.6) is 0 Å². The van der Waals surface area contributed by atoms with Crippen molar-refractivity contribution in [3.05, 3.63) is 77.7 Å². The number of likely N-dealkylation sites (tertiary alicyclic amines) is 1. The third-order valence-electron chi connectivity index (χ3n) is 6.46. The van der Waals surface area contributed by atoms with Gasteiger partial charge in [0.05, 0.1) is 16.3 Å². The zero-order valence-electron chi connectivity index (χ0n) is 19.9. The fourth-order valence-corrected chi connectivity index (χ4v) is 5.55. The molecule has 0 bridgehead atoms. The van der Waals surface area contributed by atoms with E-state index in [1.54, 1.807) is 18.3 Å². The fraction of sp³-hybridized carbons (Fsp3) is 0.296. The van der Waals surface area contributed by atoms with Crippen LogP contribution in [0.4, 0.5) is 16.0 Å². The number of hydrogen-bond acceptors (Lipinski definition) is 7. The second-order valence-electron chi connectivity index (χ2n) is 8.86.